The summed E-state index contributed by atoms with van der Waals surface area (Å²) in [5.74, 6) is 0.533. The van der Waals surface area contributed by atoms with E-state index in [2.05, 4.69) is 5.32 Å². The quantitative estimate of drug-likeness (QED) is 0.807. The van der Waals surface area contributed by atoms with Crippen molar-refractivity contribution in [3.8, 4) is 0 Å². The number of carbonyl (C=O) groups excluding carboxylic acids is 1. The van der Waals surface area contributed by atoms with Gasteiger partial charge in [0.1, 0.15) is 0 Å². The molecule has 1 saturated carbocycles. The second-order valence-electron chi connectivity index (χ2n) is 5.81. The lowest BCUT2D eigenvalue weighted by atomic mass is 9.87. The Balaban J connectivity index is 1.68. The van der Waals surface area contributed by atoms with Gasteiger partial charge >= 0.3 is 0 Å². The topological polar surface area (TPSA) is 69.7 Å². The van der Waals surface area contributed by atoms with Gasteiger partial charge in [0.15, 0.2) is 0 Å². The molecule has 0 spiro atoms. The molecule has 1 aliphatic carbocycles. The lowest BCUT2D eigenvalue weighted by Crippen LogP contribution is -2.40. The van der Waals surface area contributed by atoms with Gasteiger partial charge in [-0.2, -0.15) is 17.0 Å². The molecule has 1 amide bonds. The Morgan fingerprint density at radius 2 is 1.90 bits per heavy atom. The Morgan fingerprint density at radius 1 is 1.20 bits per heavy atom. The molecule has 1 saturated heterocycles. The summed E-state index contributed by atoms with van der Waals surface area (Å²) < 4.78 is 26.2. The fourth-order valence-electron chi connectivity index (χ4n) is 2.95. The van der Waals surface area contributed by atoms with E-state index in [0.717, 1.165) is 12.3 Å². The van der Waals surface area contributed by atoms with Gasteiger partial charge in [0.05, 0.1) is 6.54 Å². The van der Waals surface area contributed by atoms with Gasteiger partial charge in [-0.1, -0.05) is 32.1 Å². The van der Waals surface area contributed by atoms with Crippen LogP contribution in [0.15, 0.2) is 0 Å². The van der Waals surface area contributed by atoms with E-state index in [1.54, 1.807) is 0 Å². The minimum Gasteiger partial charge on any atom is -0.355 e. The molecule has 6 nitrogen and oxygen atoms in total. The van der Waals surface area contributed by atoms with E-state index in [1.165, 1.54) is 47.8 Å². The van der Waals surface area contributed by atoms with E-state index < -0.39 is 10.2 Å². The Labute approximate surface area is 121 Å². The summed E-state index contributed by atoms with van der Waals surface area (Å²) in [6.07, 6.45) is 7.48. The molecule has 0 bridgehead atoms. The number of amides is 1. The van der Waals surface area contributed by atoms with E-state index in [4.69, 9.17) is 0 Å². The zero-order valence-corrected chi connectivity index (χ0v) is 13.0. The SMILES string of the molecule is CN1CCN(CC(=O)NCCC2CCCCC2)S1(=O)=O. The fourth-order valence-corrected chi connectivity index (χ4v) is 4.25. The molecule has 1 aliphatic heterocycles. The minimum absolute atomic E-state index is 0.0582. The second-order valence-corrected chi connectivity index (χ2v) is 7.84. The van der Waals surface area contributed by atoms with Crippen LogP contribution in [-0.4, -0.2) is 56.2 Å². The van der Waals surface area contributed by atoms with E-state index in [1.807, 2.05) is 0 Å². The molecule has 0 aromatic rings. The predicted octanol–water partition coefficient (Wildman–Crippen LogP) is 0.565. The van der Waals surface area contributed by atoms with Crippen molar-refractivity contribution in [3.05, 3.63) is 0 Å². The van der Waals surface area contributed by atoms with Crippen molar-refractivity contribution in [2.75, 3.05) is 33.2 Å². The van der Waals surface area contributed by atoms with E-state index in [9.17, 15) is 13.2 Å². The molecule has 20 heavy (non-hydrogen) atoms. The second kappa shape index (κ2) is 6.87. The van der Waals surface area contributed by atoms with Gasteiger partial charge in [-0.3, -0.25) is 4.79 Å². The first-order valence-electron chi connectivity index (χ1n) is 7.48. The molecule has 116 valence electrons. The molecule has 2 fully saturated rings. The van der Waals surface area contributed by atoms with Crippen molar-refractivity contribution >= 4 is 16.1 Å². The smallest absolute Gasteiger partial charge is 0.282 e. The lowest BCUT2D eigenvalue weighted by molar-refractivity contribution is -0.121. The van der Waals surface area contributed by atoms with Crippen molar-refractivity contribution in [1.82, 2.24) is 13.9 Å². The first-order chi connectivity index (χ1) is 9.50. The molecule has 0 aromatic carbocycles. The molecule has 0 unspecified atom stereocenters. The number of nitrogens with one attached hydrogen (secondary N) is 1. The Bertz CT molecular complexity index is 432. The summed E-state index contributed by atoms with van der Waals surface area (Å²) in [6.45, 7) is 1.46. The van der Waals surface area contributed by atoms with Gasteiger partial charge < -0.3 is 5.32 Å². The molecule has 2 rings (SSSR count). The third kappa shape index (κ3) is 3.93. The summed E-state index contributed by atoms with van der Waals surface area (Å²) in [5.41, 5.74) is 0. The highest BCUT2D eigenvalue weighted by molar-refractivity contribution is 7.87. The molecule has 1 N–H and O–H groups in total. The monoisotopic (exact) mass is 303 g/mol. The summed E-state index contributed by atoms with van der Waals surface area (Å²) in [6, 6.07) is 0. The van der Waals surface area contributed by atoms with E-state index in [-0.39, 0.29) is 12.5 Å². The van der Waals surface area contributed by atoms with E-state index >= 15 is 0 Å². The number of likely N-dealkylation sites (N-methyl/N-ethyl adjacent to an activating group) is 1. The number of hydrogen-bond acceptors (Lipinski definition) is 3. The molecule has 1 heterocycles. The van der Waals surface area contributed by atoms with Crippen LogP contribution < -0.4 is 5.32 Å². The molecular formula is C13H25N3O3S. The van der Waals surface area contributed by atoms with Crippen molar-refractivity contribution in [1.29, 1.82) is 0 Å². The van der Waals surface area contributed by atoms with Crippen LogP contribution in [0.25, 0.3) is 0 Å². The maximum atomic E-state index is 11.8. The molecular weight excluding hydrogens is 278 g/mol. The Hall–Kier alpha value is -0.660. The van der Waals surface area contributed by atoms with Crippen LogP contribution in [0.2, 0.25) is 0 Å². The predicted molar refractivity (Wildman–Crippen MR) is 77.3 cm³/mol. The molecule has 2 aliphatic rings. The van der Waals surface area contributed by atoms with Gasteiger partial charge in [0.25, 0.3) is 10.2 Å². The highest BCUT2D eigenvalue weighted by atomic mass is 32.2. The van der Waals surface area contributed by atoms with Crippen LogP contribution in [0.4, 0.5) is 0 Å². The Kier molecular flexibility index (Phi) is 5.40. The van der Waals surface area contributed by atoms with Gasteiger partial charge in [-0.05, 0) is 12.3 Å². The zero-order chi connectivity index (χ0) is 14.6. The highest BCUT2D eigenvalue weighted by Crippen LogP contribution is 2.25. The highest BCUT2D eigenvalue weighted by Gasteiger charge is 2.34. The first-order valence-corrected chi connectivity index (χ1v) is 8.88. The third-order valence-corrected chi connectivity index (χ3v) is 6.24. The summed E-state index contributed by atoms with van der Waals surface area (Å²) in [4.78, 5) is 11.8. The number of nitrogens with zero attached hydrogens (tertiary/aromatic N) is 2. The Morgan fingerprint density at radius 3 is 2.50 bits per heavy atom. The van der Waals surface area contributed by atoms with Crippen molar-refractivity contribution in [2.45, 2.75) is 38.5 Å². The maximum absolute atomic E-state index is 11.8. The van der Waals surface area contributed by atoms with Crippen molar-refractivity contribution in [3.63, 3.8) is 0 Å². The van der Waals surface area contributed by atoms with Gasteiger partial charge in [-0.15, -0.1) is 0 Å². The third-order valence-electron chi connectivity index (χ3n) is 4.30. The van der Waals surface area contributed by atoms with Crippen LogP contribution in [0.5, 0.6) is 0 Å². The van der Waals surface area contributed by atoms with Gasteiger partial charge in [0, 0.05) is 26.7 Å². The molecule has 0 aromatic heterocycles. The average Bonchev–Trinajstić information content (AvgIpc) is 2.67. The fraction of sp³-hybridized carbons (Fsp3) is 0.923. The molecule has 7 heteroatoms. The van der Waals surface area contributed by atoms with Crippen LogP contribution >= 0.6 is 0 Å². The normalized spacial score (nSPS) is 24.9. The number of rotatable bonds is 5. The number of hydrogen-bond donors (Lipinski definition) is 1. The maximum Gasteiger partial charge on any atom is 0.282 e. The van der Waals surface area contributed by atoms with Crippen molar-refractivity contribution < 1.29 is 13.2 Å². The molecule has 0 radical (unpaired) electrons. The van der Waals surface area contributed by atoms with Crippen LogP contribution in [-0.2, 0) is 15.0 Å². The average molecular weight is 303 g/mol. The van der Waals surface area contributed by atoms with Crippen molar-refractivity contribution in [2.24, 2.45) is 5.92 Å². The summed E-state index contributed by atoms with van der Waals surface area (Å²) >= 11 is 0. The zero-order valence-electron chi connectivity index (χ0n) is 12.2. The van der Waals surface area contributed by atoms with Crippen LogP contribution in [0.1, 0.15) is 38.5 Å². The van der Waals surface area contributed by atoms with Gasteiger partial charge in [-0.25, -0.2) is 0 Å². The standard InChI is InChI=1S/C13H25N3O3S/c1-15-9-10-16(20(15,18)19)11-13(17)14-8-7-12-5-3-2-4-6-12/h12H,2-11H2,1H3,(H,14,17). The minimum atomic E-state index is -3.40. The molecule has 0 atom stereocenters. The van der Waals surface area contributed by atoms with Gasteiger partial charge in [0.2, 0.25) is 5.91 Å². The summed E-state index contributed by atoms with van der Waals surface area (Å²) in [5, 5.41) is 2.85. The first kappa shape index (κ1) is 15.7. The van der Waals surface area contributed by atoms with Crippen LogP contribution in [0, 0.1) is 5.92 Å². The van der Waals surface area contributed by atoms with E-state index in [0.29, 0.717) is 19.6 Å². The largest absolute Gasteiger partial charge is 0.355 e. The number of carbonyl (C=O) groups is 1. The lowest BCUT2D eigenvalue weighted by Gasteiger charge is -2.21. The van der Waals surface area contributed by atoms with Crippen LogP contribution in [0.3, 0.4) is 0 Å². The summed E-state index contributed by atoms with van der Waals surface area (Å²) in [7, 11) is -1.86.